The van der Waals surface area contributed by atoms with Crippen molar-refractivity contribution in [1.82, 2.24) is 15.4 Å². The van der Waals surface area contributed by atoms with Gasteiger partial charge in [0.25, 0.3) is 17.4 Å². The predicted molar refractivity (Wildman–Crippen MR) is 88.9 cm³/mol. The highest BCUT2D eigenvalue weighted by atomic mass is 19.4. The topological polar surface area (TPSA) is 89.4 Å². The summed E-state index contributed by atoms with van der Waals surface area (Å²) in [5.41, 5.74) is 2.55. The molecular formula is C17H16F3N3O4. The SMILES string of the molecule is CCOc1ccc(C(=O)NNC(=O)Cn2cc(C(F)(F)F)ccc2=O)cc1. The van der Waals surface area contributed by atoms with Crippen LogP contribution in [-0.2, 0) is 17.5 Å². The molecule has 2 amide bonds. The number of rotatable bonds is 5. The molecule has 1 aromatic carbocycles. The van der Waals surface area contributed by atoms with E-state index in [4.69, 9.17) is 4.74 Å². The molecule has 0 fully saturated rings. The maximum absolute atomic E-state index is 12.7. The minimum atomic E-state index is -4.65. The number of pyridine rings is 1. The van der Waals surface area contributed by atoms with Crippen molar-refractivity contribution in [3.05, 3.63) is 64.1 Å². The van der Waals surface area contributed by atoms with Crippen LogP contribution < -0.4 is 21.1 Å². The summed E-state index contributed by atoms with van der Waals surface area (Å²) < 4.78 is 43.9. The average Bonchev–Trinajstić information content (AvgIpc) is 2.61. The van der Waals surface area contributed by atoms with Crippen molar-refractivity contribution in [3.63, 3.8) is 0 Å². The Kier molecular flexibility index (Phi) is 6.22. The third-order valence-electron chi connectivity index (χ3n) is 3.37. The van der Waals surface area contributed by atoms with Crippen molar-refractivity contribution >= 4 is 11.8 Å². The van der Waals surface area contributed by atoms with Gasteiger partial charge in [0, 0.05) is 17.8 Å². The number of nitrogens with zero attached hydrogens (tertiary/aromatic N) is 1. The van der Waals surface area contributed by atoms with E-state index < -0.39 is 35.7 Å². The third kappa shape index (κ3) is 5.59. The van der Waals surface area contributed by atoms with Crippen LogP contribution in [0.25, 0.3) is 0 Å². The van der Waals surface area contributed by atoms with Crippen LogP contribution in [0, 0.1) is 0 Å². The van der Waals surface area contributed by atoms with E-state index in [2.05, 4.69) is 5.43 Å². The standard InChI is InChI=1S/C17H16F3N3O4/c1-2-27-13-6-3-11(4-7-13)16(26)22-21-14(24)10-23-9-12(17(18,19)20)5-8-15(23)25/h3-9H,2,10H2,1H3,(H,21,24)(H,22,26). The van der Waals surface area contributed by atoms with Gasteiger partial charge in [0.05, 0.1) is 12.2 Å². The number of benzene rings is 1. The summed E-state index contributed by atoms with van der Waals surface area (Å²) in [6, 6.07) is 7.44. The van der Waals surface area contributed by atoms with Crippen molar-refractivity contribution in [2.75, 3.05) is 6.61 Å². The summed E-state index contributed by atoms with van der Waals surface area (Å²) in [7, 11) is 0. The Labute approximate surface area is 151 Å². The van der Waals surface area contributed by atoms with Crippen molar-refractivity contribution in [2.24, 2.45) is 0 Å². The van der Waals surface area contributed by atoms with E-state index in [1.165, 1.54) is 12.1 Å². The van der Waals surface area contributed by atoms with E-state index in [0.29, 0.717) is 35.3 Å². The predicted octanol–water partition coefficient (Wildman–Crippen LogP) is 1.73. The van der Waals surface area contributed by atoms with Crippen molar-refractivity contribution in [3.8, 4) is 5.75 Å². The molecule has 0 saturated heterocycles. The van der Waals surface area contributed by atoms with E-state index >= 15 is 0 Å². The zero-order valence-corrected chi connectivity index (χ0v) is 14.2. The van der Waals surface area contributed by atoms with E-state index in [1.807, 2.05) is 12.3 Å². The quantitative estimate of drug-likeness (QED) is 0.770. The highest BCUT2D eigenvalue weighted by Gasteiger charge is 2.31. The van der Waals surface area contributed by atoms with Crippen LogP contribution in [-0.4, -0.2) is 23.0 Å². The molecule has 0 unspecified atom stereocenters. The van der Waals surface area contributed by atoms with Crippen LogP contribution >= 0.6 is 0 Å². The average molecular weight is 383 g/mol. The maximum atomic E-state index is 12.7. The second-order valence-corrected chi connectivity index (χ2v) is 5.34. The molecule has 2 aromatic rings. The second-order valence-electron chi connectivity index (χ2n) is 5.34. The number of hydrogen-bond donors (Lipinski definition) is 2. The van der Waals surface area contributed by atoms with Crippen molar-refractivity contribution in [2.45, 2.75) is 19.6 Å². The molecular weight excluding hydrogens is 367 g/mol. The van der Waals surface area contributed by atoms with Crippen LogP contribution in [0.3, 0.4) is 0 Å². The van der Waals surface area contributed by atoms with E-state index in [0.717, 1.165) is 0 Å². The first kappa shape index (κ1) is 20.0. The number of amides is 2. The first-order valence-corrected chi connectivity index (χ1v) is 7.80. The van der Waals surface area contributed by atoms with Gasteiger partial charge in [0.15, 0.2) is 0 Å². The second kappa shape index (κ2) is 8.39. The van der Waals surface area contributed by atoms with Crippen molar-refractivity contribution < 1.29 is 27.5 Å². The first-order chi connectivity index (χ1) is 12.7. The van der Waals surface area contributed by atoms with Gasteiger partial charge in [0.1, 0.15) is 12.3 Å². The highest BCUT2D eigenvalue weighted by Crippen LogP contribution is 2.27. The molecule has 0 aliphatic rings. The number of alkyl halides is 3. The molecule has 10 heteroatoms. The number of nitrogens with one attached hydrogen (secondary N) is 2. The van der Waals surface area contributed by atoms with Gasteiger partial charge in [-0.25, -0.2) is 0 Å². The van der Waals surface area contributed by atoms with Gasteiger partial charge in [-0.3, -0.25) is 25.2 Å². The van der Waals surface area contributed by atoms with Gasteiger partial charge >= 0.3 is 6.18 Å². The molecule has 144 valence electrons. The van der Waals surface area contributed by atoms with E-state index in [-0.39, 0.29) is 5.56 Å². The summed E-state index contributed by atoms with van der Waals surface area (Å²) in [6.07, 6.45) is -4.11. The Morgan fingerprint density at radius 3 is 2.33 bits per heavy atom. The lowest BCUT2D eigenvalue weighted by atomic mass is 10.2. The van der Waals surface area contributed by atoms with Crippen LogP contribution in [0.4, 0.5) is 13.2 Å². The molecule has 0 aliphatic heterocycles. The van der Waals surface area contributed by atoms with Crippen LogP contribution in [0.5, 0.6) is 5.75 Å². The van der Waals surface area contributed by atoms with Gasteiger partial charge in [-0.2, -0.15) is 13.2 Å². The Hall–Kier alpha value is -3.30. The minimum Gasteiger partial charge on any atom is -0.494 e. The molecule has 0 saturated carbocycles. The zero-order chi connectivity index (χ0) is 20.0. The fourth-order valence-corrected chi connectivity index (χ4v) is 2.08. The molecule has 2 rings (SSSR count). The smallest absolute Gasteiger partial charge is 0.417 e. The lowest BCUT2D eigenvalue weighted by Crippen LogP contribution is -2.44. The minimum absolute atomic E-state index is 0.231. The first-order valence-electron chi connectivity index (χ1n) is 7.80. The number of carbonyl (C=O) groups is 2. The van der Waals surface area contributed by atoms with Crippen LogP contribution in [0.1, 0.15) is 22.8 Å². The fourth-order valence-electron chi connectivity index (χ4n) is 2.08. The molecule has 0 bridgehead atoms. The summed E-state index contributed by atoms with van der Waals surface area (Å²) in [5, 5.41) is 0. The van der Waals surface area contributed by atoms with Gasteiger partial charge in [-0.05, 0) is 37.3 Å². The molecule has 2 N–H and O–H groups in total. The maximum Gasteiger partial charge on any atom is 0.417 e. The molecule has 27 heavy (non-hydrogen) atoms. The van der Waals surface area contributed by atoms with Crippen molar-refractivity contribution in [1.29, 1.82) is 0 Å². The Balaban J connectivity index is 1.96. The number of carbonyl (C=O) groups excluding carboxylic acids is 2. The number of halogens is 3. The van der Waals surface area contributed by atoms with Crippen LogP contribution in [0.2, 0.25) is 0 Å². The third-order valence-corrected chi connectivity index (χ3v) is 3.37. The van der Waals surface area contributed by atoms with E-state index in [9.17, 15) is 27.6 Å². The number of ether oxygens (including phenoxy) is 1. The normalized spacial score (nSPS) is 11.0. The zero-order valence-electron chi connectivity index (χ0n) is 14.2. The molecule has 1 heterocycles. The van der Waals surface area contributed by atoms with E-state index in [1.54, 1.807) is 12.1 Å². The van der Waals surface area contributed by atoms with Gasteiger partial charge < -0.3 is 9.30 Å². The molecule has 0 radical (unpaired) electrons. The fraction of sp³-hybridized carbons (Fsp3) is 0.235. The summed E-state index contributed by atoms with van der Waals surface area (Å²) in [6.45, 7) is 1.59. The molecule has 0 spiro atoms. The van der Waals surface area contributed by atoms with Gasteiger partial charge in [0.2, 0.25) is 0 Å². The molecule has 1 aromatic heterocycles. The van der Waals surface area contributed by atoms with Crippen LogP contribution in [0.15, 0.2) is 47.4 Å². The van der Waals surface area contributed by atoms with Gasteiger partial charge in [-0.15, -0.1) is 0 Å². The highest BCUT2D eigenvalue weighted by molar-refractivity contribution is 5.95. The summed E-state index contributed by atoms with van der Waals surface area (Å²) in [4.78, 5) is 35.3. The lowest BCUT2D eigenvalue weighted by molar-refractivity contribution is -0.138. The Bertz CT molecular complexity index is 876. The summed E-state index contributed by atoms with van der Waals surface area (Å²) in [5.74, 6) is -0.930. The van der Waals surface area contributed by atoms with Gasteiger partial charge in [-0.1, -0.05) is 0 Å². The summed E-state index contributed by atoms with van der Waals surface area (Å²) >= 11 is 0. The Morgan fingerprint density at radius 2 is 1.74 bits per heavy atom. The lowest BCUT2D eigenvalue weighted by Gasteiger charge is -2.11. The number of aromatic nitrogens is 1. The monoisotopic (exact) mass is 383 g/mol. The number of hydrogen-bond acceptors (Lipinski definition) is 4. The largest absolute Gasteiger partial charge is 0.494 e. The Morgan fingerprint density at radius 1 is 1.07 bits per heavy atom. The molecule has 0 aliphatic carbocycles. The number of hydrazine groups is 1. The molecule has 0 atom stereocenters. The molecule has 7 nitrogen and oxygen atoms in total.